The molecule has 0 spiro atoms. The number of hydrogen-bond donors (Lipinski definition) is 2. The first-order valence-electron chi connectivity index (χ1n) is 6.72. The van der Waals surface area contributed by atoms with E-state index in [1.807, 2.05) is 6.92 Å². The van der Waals surface area contributed by atoms with E-state index in [4.69, 9.17) is 9.84 Å². The number of carboxylic acids is 1. The molecule has 2 atom stereocenters. The van der Waals surface area contributed by atoms with E-state index in [1.165, 1.54) is 0 Å². The number of rotatable bonds is 5. The first kappa shape index (κ1) is 13.8. The van der Waals surface area contributed by atoms with E-state index in [9.17, 15) is 4.79 Å². The van der Waals surface area contributed by atoms with Gasteiger partial charge >= 0.3 is 5.97 Å². The second kappa shape index (κ2) is 6.02. The summed E-state index contributed by atoms with van der Waals surface area (Å²) >= 11 is 0. The number of aromatic carboxylic acids is 1. The van der Waals surface area contributed by atoms with Crippen molar-refractivity contribution >= 4 is 11.8 Å². The van der Waals surface area contributed by atoms with E-state index in [2.05, 4.69) is 17.2 Å². The van der Waals surface area contributed by atoms with Gasteiger partial charge in [0.05, 0.1) is 17.7 Å². The number of pyridine rings is 1. The average Bonchev–Trinajstić information content (AvgIpc) is 2.75. The van der Waals surface area contributed by atoms with Crippen LogP contribution in [0.5, 0.6) is 0 Å². The van der Waals surface area contributed by atoms with Gasteiger partial charge in [0.15, 0.2) is 0 Å². The van der Waals surface area contributed by atoms with Crippen LogP contribution in [0.15, 0.2) is 12.1 Å². The van der Waals surface area contributed by atoms with Crippen LogP contribution in [0.2, 0.25) is 0 Å². The molecular formula is C14H20N2O3. The lowest BCUT2D eigenvalue weighted by Crippen LogP contribution is -2.27. The third-order valence-corrected chi connectivity index (χ3v) is 3.34. The van der Waals surface area contributed by atoms with E-state index in [0.29, 0.717) is 5.82 Å². The predicted octanol–water partition coefficient (Wildman–Crippen LogP) is 2.32. The van der Waals surface area contributed by atoms with Crippen molar-refractivity contribution in [2.75, 3.05) is 11.9 Å². The molecule has 2 heterocycles. The maximum Gasteiger partial charge on any atom is 0.335 e. The Morgan fingerprint density at radius 2 is 2.37 bits per heavy atom. The third-order valence-electron chi connectivity index (χ3n) is 3.34. The number of carboxylic acid groups (broad SMARTS) is 1. The Bertz CT molecular complexity index is 462. The normalized spacial score (nSPS) is 22.4. The van der Waals surface area contributed by atoms with Crippen LogP contribution in [0.1, 0.15) is 42.7 Å². The molecule has 1 aliphatic rings. The van der Waals surface area contributed by atoms with E-state index in [0.717, 1.165) is 31.6 Å². The SMILES string of the molecule is CCCc1cc(C(=O)O)cc(NC2CCOC2C)n1. The second-order valence-electron chi connectivity index (χ2n) is 4.90. The molecule has 2 N–H and O–H groups in total. The number of ether oxygens (including phenoxy) is 1. The number of nitrogens with zero attached hydrogens (tertiary/aromatic N) is 1. The topological polar surface area (TPSA) is 71.5 Å². The Morgan fingerprint density at radius 1 is 1.58 bits per heavy atom. The molecule has 0 aliphatic carbocycles. The average molecular weight is 264 g/mol. The summed E-state index contributed by atoms with van der Waals surface area (Å²) in [6, 6.07) is 3.43. The number of aryl methyl sites for hydroxylation is 1. The summed E-state index contributed by atoms with van der Waals surface area (Å²) in [6.07, 6.45) is 2.78. The molecule has 0 saturated carbocycles. The van der Waals surface area contributed by atoms with Crippen LogP contribution < -0.4 is 5.32 Å². The molecule has 2 unspecified atom stereocenters. The molecule has 1 aromatic heterocycles. The molecule has 0 amide bonds. The quantitative estimate of drug-likeness (QED) is 0.854. The molecule has 0 bridgehead atoms. The van der Waals surface area contributed by atoms with Crippen LogP contribution in [-0.2, 0) is 11.2 Å². The van der Waals surface area contributed by atoms with Crippen molar-refractivity contribution < 1.29 is 14.6 Å². The van der Waals surface area contributed by atoms with E-state index < -0.39 is 5.97 Å². The van der Waals surface area contributed by atoms with Crippen LogP contribution >= 0.6 is 0 Å². The minimum Gasteiger partial charge on any atom is -0.478 e. The highest BCUT2D eigenvalue weighted by atomic mass is 16.5. The largest absolute Gasteiger partial charge is 0.478 e. The molecule has 19 heavy (non-hydrogen) atoms. The number of aromatic nitrogens is 1. The highest BCUT2D eigenvalue weighted by molar-refractivity contribution is 5.88. The summed E-state index contributed by atoms with van der Waals surface area (Å²) in [6.45, 7) is 4.80. The molecule has 1 aliphatic heterocycles. The highest BCUT2D eigenvalue weighted by Gasteiger charge is 2.24. The molecule has 0 radical (unpaired) electrons. The van der Waals surface area contributed by atoms with Gasteiger partial charge in [0.25, 0.3) is 0 Å². The summed E-state index contributed by atoms with van der Waals surface area (Å²) in [5.74, 6) is -0.288. The van der Waals surface area contributed by atoms with Crippen LogP contribution in [0.25, 0.3) is 0 Å². The minimum absolute atomic E-state index is 0.130. The summed E-state index contributed by atoms with van der Waals surface area (Å²) in [5.41, 5.74) is 1.10. The van der Waals surface area contributed by atoms with E-state index >= 15 is 0 Å². The van der Waals surface area contributed by atoms with Gasteiger partial charge < -0.3 is 15.2 Å². The number of hydrogen-bond acceptors (Lipinski definition) is 4. The number of anilines is 1. The van der Waals surface area contributed by atoms with Crippen molar-refractivity contribution in [2.24, 2.45) is 0 Å². The fraction of sp³-hybridized carbons (Fsp3) is 0.571. The van der Waals surface area contributed by atoms with Crippen LogP contribution in [0.3, 0.4) is 0 Å². The Morgan fingerprint density at radius 3 is 2.95 bits per heavy atom. The zero-order valence-electron chi connectivity index (χ0n) is 11.3. The van der Waals surface area contributed by atoms with Crippen molar-refractivity contribution in [2.45, 2.75) is 45.3 Å². The van der Waals surface area contributed by atoms with Gasteiger partial charge in [-0.15, -0.1) is 0 Å². The Labute approximate surface area is 113 Å². The summed E-state index contributed by atoms with van der Waals surface area (Å²) in [7, 11) is 0. The van der Waals surface area contributed by atoms with E-state index in [1.54, 1.807) is 12.1 Å². The monoisotopic (exact) mass is 264 g/mol. The Hall–Kier alpha value is -1.62. The van der Waals surface area contributed by atoms with Gasteiger partial charge in [0, 0.05) is 12.3 Å². The van der Waals surface area contributed by atoms with Gasteiger partial charge in [-0.1, -0.05) is 13.3 Å². The first-order chi connectivity index (χ1) is 9.10. The second-order valence-corrected chi connectivity index (χ2v) is 4.90. The van der Waals surface area contributed by atoms with Crippen molar-refractivity contribution in [3.63, 3.8) is 0 Å². The summed E-state index contributed by atoms with van der Waals surface area (Å²) < 4.78 is 5.49. The maximum absolute atomic E-state index is 11.1. The van der Waals surface area contributed by atoms with Gasteiger partial charge in [-0.2, -0.15) is 0 Å². The first-order valence-corrected chi connectivity index (χ1v) is 6.72. The van der Waals surface area contributed by atoms with Crippen molar-refractivity contribution in [1.82, 2.24) is 4.98 Å². The van der Waals surface area contributed by atoms with Gasteiger partial charge in [-0.3, -0.25) is 0 Å². The molecule has 5 nitrogen and oxygen atoms in total. The third kappa shape index (κ3) is 3.44. The van der Waals surface area contributed by atoms with Gasteiger partial charge in [-0.25, -0.2) is 9.78 Å². The number of nitrogens with one attached hydrogen (secondary N) is 1. The molecule has 1 aromatic rings. The summed E-state index contributed by atoms with van der Waals surface area (Å²) in [4.78, 5) is 15.6. The lowest BCUT2D eigenvalue weighted by molar-refractivity contribution is 0.0696. The maximum atomic E-state index is 11.1. The van der Waals surface area contributed by atoms with Crippen molar-refractivity contribution in [3.05, 3.63) is 23.4 Å². The standard InChI is InChI=1S/C14H20N2O3/c1-3-4-11-7-10(14(17)18)8-13(15-11)16-12-5-6-19-9(12)2/h7-9,12H,3-6H2,1-2H3,(H,15,16)(H,17,18). The smallest absolute Gasteiger partial charge is 0.335 e. The summed E-state index contributed by atoms with van der Waals surface area (Å²) in [5, 5.41) is 12.4. The molecule has 5 heteroatoms. The lowest BCUT2D eigenvalue weighted by Gasteiger charge is -2.17. The van der Waals surface area contributed by atoms with Crippen molar-refractivity contribution in [3.8, 4) is 0 Å². The molecule has 1 fully saturated rings. The molecule has 1 saturated heterocycles. The van der Waals surface area contributed by atoms with Gasteiger partial charge in [-0.05, 0) is 31.9 Å². The van der Waals surface area contributed by atoms with Gasteiger partial charge in [0.2, 0.25) is 0 Å². The molecule has 0 aromatic carbocycles. The number of carbonyl (C=O) groups is 1. The predicted molar refractivity (Wildman–Crippen MR) is 72.6 cm³/mol. The van der Waals surface area contributed by atoms with Gasteiger partial charge in [0.1, 0.15) is 5.82 Å². The van der Waals surface area contributed by atoms with Crippen molar-refractivity contribution in [1.29, 1.82) is 0 Å². The Kier molecular flexibility index (Phi) is 4.37. The Balaban J connectivity index is 2.20. The zero-order valence-corrected chi connectivity index (χ0v) is 11.3. The highest BCUT2D eigenvalue weighted by Crippen LogP contribution is 2.19. The molecular weight excluding hydrogens is 244 g/mol. The molecule has 2 rings (SSSR count). The molecule has 104 valence electrons. The fourth-order valence-electron chi connectivity index (χ4n) is 2.28. The fourth-order valence-corrected chi connectivity index (χ4v) is 2.28. The minimum atomic E-state index is -0.918. The lowest BCUT2D eigenvalue weighted by atomic mass is 10.1. The zero-order chi connectivity index (χ0) is 13.8. The van der Waals surface area contributed by atoms with Crippen LogP contribution in [0, 0.1) is 0 Å². The van der Waals surface area contributed by atoms with E-state index in [-0.39, 0.29) is 17.7 Å². The van der Waals surface area contributed by atoms with Crippen LogP contribution in [0.4, 0.5) is 5.82 Å². The van der Waals surface area contributed by atoms with Crippen LogP contribution in [-0.4, -0.2) is 34.8 Å².